The van der Waals surface area contributed by atoms with Gasteiger partial charge in [-0.25, -0.2) is 8.42 Å². The molecule has 0 bridgehead atoms. The summed E-state index contributed by atoms with van der Waals surface area (Å²) >= 11 is 9.23. The lowest BCUT2D eigenvalue weighted by Crippen LogP contribution is -2.14. The molecule has 2 rings (SSSR count). The van der Waals surface area contributed by atoms with E-state index >= 15 is 0 Å². The van der Waals surface area contributed by atoms with Gasteiger partial charge in [-0.2, -0.15) is 0 Å². The third-order valence-corrected chi connectivity index (χ3v) is 5.59. The van der Waals surface area contributed by atoms with Crippen molar-refractivity contribution < 1.29 is 13.2 Å². The summed E-state index contributed by atoms with van der Waals surface area (Å²) in [5.41, 5.74) is 1.57. The van der Waals surface area contributed by atoms with Gasteiger partial charge < -0.3 is 5.32 Å². The lowest BCUT2D eigenvalue weighted by molar-refractivity contribution is -0.114. The first-order valence-corrected chi connectivity index (χ1v) is 9.20. The number of nitrogens with one attached hydrogen (secondary N) is 2. The number of hydrogen-bond acceptors (Lipinski definition) is 3. The zero-order chi connectivity index (χ0) is 17.2. The standard InChI is InChI=1S/C15H14BrClN2O3S/c1-9-3-6-15(12(16)7-9)23(21,22)19-11-4-5-13(17)14(8-11)18-10(2)20/h3-8,19H,1-2H3,(H,18,20). The topological polar surface area (TPSA) is 75.3 Å². The Morgan fingerprint density at radius 1 is 1.17 bits per heavy atom. The Labute approximate surface area is 148 Å². The summed E-state index contributed by atoms with van der Waals surface area (Å²) in [4.78, 5) is 11.3. The number of halogens is 2. The molecule has 0 aliphatic carbocycles. The van der Waals surface area contributed by atoms with Crippen LogP contribution in [0.15, 0.2) is 45.8 Å². The van der Waals surface area contributed by atoms with Crippen LogP contribution in [-0.2, 0) is 14.8 Å². The van der Waals surface area contributed by atoms with Crippen molar-refractivity contribution in [3.05, 3.63) is 51.5 Å². The van der Waals surface area contributed by atoms with E-state index in [-0.39, 0.29) is 10.8 Å². The van der Waals surface area contributed by atoms with Gasteiger partial charge in [-0.15, -0.1) is 0 Å². The maximum Gasteiger partial charge on any atom is 0.263 e. The summed E-state index contributed by atoms with van der Waals surface area (Å²) in [6, 6.07) is 9.45. The van der Waals surface area contributed by atoms with Gasteiger partial charge in [-0.1, -0.05) is 17.7 Å². The largest absolute Gasteiger partial charge is 0.325 e. The number of carbonyl (C=O) groups is 1. The molecule has 0 saturated carbocycles. The number of amides is 1. The van der Waals surface area contributed by atoms with Crippen LogP contribution in [0, 0.1) is 6.92 Å². The van der Waals surface area contributed by atoms with Crippen LogP contribution in [-0.4, -0.2) is 14.3 Å². The van der Waals surface area contributed by atoms with E-state index in [0.717, 1.165) is 5.56 Å². The van der Waals surface area contributed by atoms with Gasteiger partial charge in [-0.3, -0.25) is 9.52 Å². The van der Waals surface area contributed by atoms with E-state index < -0.39 is 10.0 Å². The molecule has 0 fully saturated rings. The summed E-state index contributed by atoms with van der Waals surface area (Å²) < 4.78 is 27.9. The summed E-state index contributed by atoms with van der Waals surface area (Å²) in [5, 5.41) is 2.86. The molecule has 2 N–H and O–H groups in total. The predicted octanol–water partition coefficient (Wildman–Crippen LogP) is 4.17. The summed E-state index contributed by atoms with van der Waals surface area (Å²) in [6.07, 6.45) is 0. The number of hydrogen-bond donors (Lipinski definition) is 2. The maximum atomic E-state index is 12.5. The molecule has 0 aromatic heterocycles. The first-order chi connectivity index (χ1) is 10.7. The first kappa shape index (κ1) is 17.8. The van der Waals surface area contributed by atoms with Gasteiger partial charge in [0.1, 0.15) is 4.90 Å². The fraction of sp³-hybridized carbons (Fsp3) is 0.133. The minimum Gasteiger partial charge on any atom is -0.325 e. The van der Waals surface area contributed by atoms with Crippen molar-refractivity contribution in [3.63, 3.8) is 0 Å². The van der Waals surface area contributed by atoms with Crippen LogP contribution in [0.2, 0.25) is 5.02 Å². The third kappa shape index (κ3) is 4.46. The van der Waals surface area contributed by atoms with Gasteiger partial charge in [-0.05, 0) is 58.7 Å². The summed E-state index contributed by atoms with van der Waals surface area (Å²) in [7, 11) is -3.77. The number of sulfonamides is 1. The fourth-order valence-corrected chi connectivity index (χ4v) is 4.32. The number of aryl methyl sites for hydroxylation is 1. The molecular weight excluding hydrogens is 404 g/mol. The molecule has 2 aromatic carbocycles. The van der Waals surface area contributed by atoms with Gasteiger partial charge >= 0.3 is 0 Å². The Balaban J connectivity index is 2.35. The molecule has 0 unspecified atom stereocenters. The second-order valence-electron chi connectivity index (χ2n) is 4.92. The fourth-order valence-electron chi connectivity index (χ4n) is 1.91. The van der Waals surface area contributed by atoms with Crippen LogP contribution >= 0.6 is 27.5 Å². The minimum atomic E-state index is -3.77. The van der Waals surface area contributed by atoms with Crippen molar-refractivity contribution in [1.82, 2.24) is 0 Å². The average Bonchev–Trinajstić information content (AvgIpc) is 2.41. The smallest absolute Gasteiger partial charge is 0.263 e. The third-order valence-electron chi connectivity index (χ3n) is 2.91. The molecule has 2 aromatic rings. The molecule has 5 nitrogen and oxygen atoms in total. The predicted molar refractivity (Wildman–Crippen MR) is 95.4 cm³/mol. The van der Waals surface area contributed by atoms with E-state index in [1.54, 1.807) is 12.1 Å². The van der Waals surface area contributed by atoms with E-state index in [2.05, 4.69) is 26.0 Å². The van der Waals surface area contributed by atoms with Crippen molar-refractivity contribution >= 4 is 54.8 Å². The van der Waals surface area contributed by atoms with Gasteiger partial charge in [0.2, 0.25) is 5.91 Å². The number of benzene rings is 2. The van der Waals surface area contributed by atoms with E-state index in [9.17, 15) is 13.2 Å². The van der Waals surface area contributed by atoms with E-state index in [4.69, 9.17) is 11.6 Å². The van der Waals surface area contributed by atoms with Crippen molar-refractivity contribution in [2.45, 2.75) is 18.7 Å². The van der Waals surface area contributed by atoms with Crippen LogP contribution in [0.4, 0.5) is 11.4 Å². The molecule has 8 heteroatoms. The Kier molecular flexibility index (Phi) is 5.33. The van der Waals surface area contributed by atoms with Crippen molar-refractivity contribution in [2.75, 3.05) is 10.0 Å². The quantitative estimate of drug-likeness (QED) is 0.784. The lowest BCUT2D eigenvalue weighted by atomic mass is 10.2. The Morgan fingerprint density at radius 2 is 1.87 bits per heavy atom. The number of anilines is 2. The Bertz CT molecular complexity index is 869. The molecule has 0 saturated heterocycles. The highest BCUT2D eigenvalue weighted by molar-refractivity contribution is 9.10. The molecule has 122 valence electrons. The van der Waals surface area contributed by atoms with Crippen LogP contribution in [0.1, 0.15) is 12.5 Å². The van der Waals surface area contributed by atoms with Crippen LogP contribution in [0.25, 0.3) is 0 Å². The van der Waals surface area contributed by atoms with Gasteiger partial charge in [0, 0.05) is 11.4 Å². The molecule has 0 radical (unpaired) electrons. The highest BCUT2D eigenvalue weighted by Gasteiger charge is 2.18. The molecule has 0 heterocycles. The zero-order valence-electron chi connectivity index (χ0n) is 12.4. The molecule has 0 spiro atoms. The highest BCUT2D eigenvalue weighted by Crippen LogP contribution is 2.29. The molecule has 1 amide bonds. The second-order valence-corrected chi connectivity index (χ2v) is 7.83. The Hall–Kier alpha value is -1.57. The molecule has 23 heavy (non-hydrogen) atoms. The summed E-state index contributed by atoms with van der Waals surface area (Å²) in [5.74, 6) is -0.298. The van der Waals surface area contributed by atoms with Crippen molar-refractivity contribution in [3.8, 4) is 0 Å². The van der Waals surface area contributed by atoms with Crippen molar-refractivity contribution in [1.29, 1.82) is 0 Å². The lowest BCUT2D eigenvalue weighted by Gasteiger charge is -2.12. The SMILES string of the molecule is CC(=O)Nc1cc(NS(=O)(=O)c2ccc(C)cc2Br)ccc1Cl. The minimum absolute atomic E-state index is 0.124. The van der Waals surface area contributed by atoms with E-state index in [1.807, 2.05) is 6.92 Å². The van der Waals surface area contributed by atoms with Crippen LogP contribution < -0.4 is 10.0 Å². The van der Waals surface area contributed by atoms with E-state index in [1.165, 1.54) is 31.2 Å². The number of carbonyl (C=O) groups excluding carboxylic acids is 1. The van der Waals surface area contributed by atoms with Gasteiger partial charge in [0.25, 0.3) is 10.0 Å². The molecule has 0 aliphatic rings. The summed E-state index contributed by atoms with van der Waals surface area (Å²) in [6.45, 7) is 3.21. The van der Waals surface area contributed by atoms with Crippen LogP contribution in [0.3, 0.4) is 0 Å². The normalized spacial score (nSPS) is 11.1. The molecular formula is C15H14BrClN2O3S. The van der Waals surface area contributed by atoms with Gasteiger partial charge in [0.05, 0.1) is 16.4 Å². The molecule has 0 aliphatic heterocycles. The van der Waals surface area contributed by atoms with E-state index in [0.29, 0.717) is 20.9 Å². The first-order valence-electron chi connectivity index (χ1n) is 6.55. The molecule has 0 atom stereocenters. The maximum absolute atomic E-state index is 12.5. The zero-order valence-corrected chi connectivity index (χ0v) is 15.5. The monoisotopic (exact) mass is 416 g/mol. The van der Waals surface area contributed by atoms with Gasteiger partial charge in [0.15, 0.2) is 0 Å². The average molecular weight is 418 g/mol. The van der Waals surface area contributed by atoms with Crippen LogP contribution in [0.5, 0.6) is 0 Å². The van der Waals surface area contributed by atoms with Crippen molar-refractivity contribution in [2.24, 2.45) is 0 Å². The Morgan fingerprint density at radius 3 is 2.48 bits per heavy atom. The second kappa shape index (κ2) is 6.90. The number of rotatable bonds is 4. The highest BCUT2D eigenvalue weighted by atomic mass is 79.9.